The molecule has 0 aromatic heterocycles. The van der Waals surface area contributed by atoms with E-state index < -0.39 is 30.1 Å². The van der Waals surface area contributed by atoms with Gasteiger partial charge in [-0.3, -0.25) is 14.4 Å². The smallest absolute Gasteiger partial charge is 0.247 e. The molecule has 0 bridgehead atoms. The van der Waals surface area contributed by atoms with Gasteiger partial charge in [-0.05, 0) is 36.3 Å². The highest BCUT2D eigenvalue weighted by Gasteiger charge is 2.51. The number of aliphatic hydroxyl groups is 2. The molecule has 208 valence electrons. The van der Waals surface area contributed by atoms with Gasteiger partial charge in [-0.2, -0.15) is 0 Å². The Morgan fingerprint density at radius 2 is 1.90 bits per heavy atom. The van der Waals surface area contributed by atoms with Crippen LogP contribution in [0.15, 0.2) is 48.0 Å². The number of carbonyl (C=O) groups is 3. The average molecular weight is 539 g/mol. The Kier molecular flexibility index (Phi) is 8.88. The minimum absolute atomic E-state index is 0.0254. The Morgan fingerprint density at radius 1 is 1.15 bits per heavy atom. The molecule has 0 fully saturated rings. The normalized spacial score (nSPS) is 21.1. The Labute approximate surface area is 227 Å². The summed E-state index contributed by atoms with van der Waals surface area (Å²) >= 11 is 0. The van der Waals surface area contributed by atoms with Crippen LogP contribution in [0, 0.1) is 0 Å². The first-order chi connectivity index (χ1) is 18.9. The lowest BCUT2D eigenvalue weighted by Crippen LogP contribution is -2.56. The largest absolute Gasteiger partial charge is 0.496 e. The van der Waals surface area contributed by atoms with E-state index in [-0.39, 0.29) is 37.6 Å². The fourth-order valence-corrected chi connectivity index (χ4v) is 5.35. The third-order valence-electron chi connectivity index (χ3n) is 7.21. The lowest BCUT2D eigenvalue weighted by molar-refractivity contribution is -0.136. The van der Waals surface area contributed by atoms with E-state index in [9.17, 15) is 24.6 Å². The summed E-state index contributed by atoms with van der Waals surface area (Å²) in [5, 5.41) is 23.6. The van der Waals surface area contributed by atoms with Crippen LogP contribution in [0.4, 0.5) is 0 Å². The second kappa shape index (κ2) is 12.3. The Morgan fingerprint density at radius 3 is 2.56 bits per heavy atom. The maximum atomic E-state index is 13.3. The van der Waals surface area contributed by atoms with Crippen LogP contribution in [-0.4, -0.2) is 85.4 Å². The van der Waals surface area contributed by atoms with E-state index in [1.54, 1.807) is 31.1 Å². The molecule has 0 saturated carbocycles. The number of aliphatic hydroxyl groups excluding tert-OH is 2. The number of nitrogens with one attached hydrogen (secondary N) is 1. The van der Waals surface area contributed by atoms with Gasteiger partial charge in [-0.25, -0.2) is 0 Å². The lowest BCUT2D eigenvalue weighted by atomic mass is 9.77. The molecule has 0 radical (unpaired) electrons. The fraction of sp³-hybridized carbons (Fsp3) is 0.414. The molecule has 10 nitrogen and oxygen atoms in total. The van der Waals surface area contributed by atoms with Gasteiger partial charge in [0.2, 0.25) is 11.8 Å². The van der Waals surface area contributed by atoms with E-state index >= 15 is 0 Å². The van der Waals surface area contributed by atoms with E-state index in [4.69, 9.17) is 14.2 Å². The van der Waals surface area contributed by atoms with Gasteiger partial charge in [-0.15, -0.1) is 0 Å². The quantitative estimate of drug-likeness (QED) is 0.368. The molecule has 10 heteroatoms. The van der Waals surface area contributed by atoms with Crippen molar-refractivity contribution < 1.29 is 38.8 Å². The minimum Gasteiger partial charge on any atom is -0.496 e. The highest BCUT2D eigenvalue weighted by Crippen LogP contribution is 2.51. The number of ether oxygens (including phenoxy) is 3. The van der Waals surface area contributed by atoms with Gasteiger partial charge in [0.1, 0.15) is 24.2 Å². The van der Waals surface area contributed by atoms with Crippen LogP contribution in [-0.2, 0) is 16.0 Å². The monoisotopic (exact) mass is 538 g/mol. The zero-order chi connectivity index (χ0) is 28.1. The molecule has 4 atom stereocenters. The van der Waals surface area contributed by atoms with Crippen LogP contribution in [0.2, 0.25) is 0 Å². The summed E-state index contributed by atoms with van der Waals surface area (Å²) in [6, 6.07) is 9.79. The van der Waals surface area contributed by atoms with Crippen molar-refractivity contribution in [3.8, 4) is 17.2 Å². The number of fused-ring (bicyclic) bond motifs is 3. The number of nitrogens with zero attached hydrogens (tertiary/aromatic N) is 1. The van der Waals surface area contributed by atoms with Crippen LogP contribution in [0.5, 0.6) is 17.2 Å². The number of benzene rings is 2. The van der Waals surface area contributed by atoms with Gasteiger partial charge in [0.15, 0.2) is 11.5 Å². The van der Waals surface area contributed by atoms with Crippen molar-refractivity contribution in [1.29, 1.82) is 0 Å². The molecule has 39 heavy (non-hydrogen) atoms. The number of rotatable bonds is 11. The summed E-state index contributed by atoms with van der Waals surface area (Å²) in [4.78, 5) is 39.7. The van der Waals surface area contributed by atoms with Crippen LogP contribution < -0.4 is 19.5 Å². The van der Waals surface area contributed by atoms with Gasteiger partial charge in [-0.1, -0.05) is 25.1 Å². The standard InChI is InChI=1S/C29H34N2O8/c1-4-24(34)31(11-9-18-7-5-6-8-22(18)37-2)21-15-20(29(36)30-10-12-32)25-19-13-17(16-33)14-23(38-3)27(19)39-28(25)26(21)35/h5-8,13-16,21,25-26,28,32,35H,4,9-12H2,1-3H3,(H,30,36). The van der Waals surface area contributed by atoms with Crippen molar-refractivity contribution in [2.45, 2.75) is 43.9 Å². The van der Waals surface area contributed by atoms with Crippen molar-refractivity contribution in [2.24, 2.45) is 0 Å². The number of methoxy groups -OCH3 is 2. The van der Waals surface area contributed by atoms with Crippen LogP contribution in [0.3, 0.4) is 0 Å². The van der Waals surface area contributed by atoms with E-state index in [1.165, 1.54) is 13.2 Å². The number of amides is 2. The predicted molar refractivity (Wildman–Crippen MR) is 142 cm³/mol. The van der Waals surface area contributed by atoms with Crippen molar-refractivity contribution in [2.75, 3.05) is 33.9 Å². The summed E-state index contributed by atoms with van der Waals surface area (Å²) < 4.78 is 17.1. The minimum atomic E-state index is -1.19. The predicted octanol–water partition coefficient (Wildman–Crippen LogP) is 1.62. The summed E-state index contributed by atoms with van der Waals surface area (Å²) in [5.74, 6) is -0.0439. The lowest BCUT2D eigenvalue weighted by Gasteiger charge is -2.40. The molecule has 0 saturated heterocycles. The SMILES string of the molecule is CCC(=O)N(CCc1ccccc1OC)C1C=C(C(=O)NCCO)C2c3cc(C=O)cc(OC)c3OC2C1O. The highest BCUT2D eigenvalue weighted by molar-refractivity contribution is 5.96. The number of aldehydes is 1. The van der Waals surface area contributed by atoms with Crippen molar-refractivity contribution >= 4 is 18.1 Å². The molecule has 1 aliphatic carbocycles. The highest BCUT2D eigenvalue weighted by atomic mass is 16.5. The Balaban J connectivity index is 1.76. The second-order valence-corrected chi connectivity index (χ2v) is 9.40. The molecule has 1 aliphatic heterocycles. The summed E-state index contributed by atoms with van der Waals surface area (Å²) in [6.07, 6.45) is 0.832. The Bertz CT molecular complexity index is 1260. The van der Waals surface area contributed by atoms with E-state index in [0.717, 1.165) is 5.56 Å². The van der Waals surface area contributed by atoms with Crippen LogP contribution in [0.25, 0.3) is 0 Å². The number of hydrogen-bond donors (Lipinski definition) is 3. The number of para-hydroxylation sites is 1. The van der Waals surface area contributed by atoms with E-state index in [0.29, 0.717) is 41.1 Å². The maximum Gasteiger partial charge on any atom is 0.247 e. The van der Waals surface area contributed by atoms with Crippen molar-refractivity contribution in [1.82, 2.24) is 10.2 Å². The number of carbonyl (C=O) groups excluding carboxylic acids is 3. The molecule has 2 aromatic rings. The van der Waals surface area contributed by atoms with Crippen LogP contribution in [0.1, 0.15) is 40.7 Å². The number of hydrogen-bond acceptors (Lipinski definition) is 8. The van der Waals surface area contributed by atoms with Gasteiger partial charge < -0.3 is 34.6 Å². The first-order valence-corrected chi connectivity index (χ1v) is 12.9. The molecule has 4 unspecified atom stereocenters. The third kappa shape index (κ3) is 5.48. The van der Waals surface area contributed by atoms with Gasteiger partial charge in [0, 0.05) is 36.2 Å². The third-order valence-corrected chi connectivity index (χ3v) is 7.21. The Hall–Kier alpha value is -3.89. The maximum absolute atomic E-state index is 13.3. The average Bonchev–Trinajstić information content (AvgIpc) is 3.36. The zero-order valence-corrected chi connectivity index (χ0v) is 22.3. The van der Waals surface area contributed by atoms with Crippen molar-refractivity contribution in [3.63, 3.8) is 0 Å². The van der Waals surface area contributed by atoms with E-state index in [1.807, 2.05) is 24.3 Å². The molecule has 1 heterocycles. The summed E-state index contributed by atoms with van der Waals surface area (Å²) in [7, 11) is 3.03. The molecule has 2 aliphatic rings. The molecule has 2 amide bonds. The van der Waals surface area contributed by atoms with Gasteiger partial charge in [0.25, 0.3) is 0 Å². The molecule has 4 rings (SSSR count). The van der Waals surface area contributed by atoms with Gasteiger partial charge >= 0.3 is 0 Å². The fourth-order valence-electron chi connectivity index (χ4n) is 5.35. The summed E-state index contributed by atoms with van der Waals surface area (Å²) in [6.45, 7) is 1.77. The molecule has 3 N–H and O–H groups in total. The zero-order valence-electron chi connectivity index (χ0n) is 22.3. The van der Waals surface area contributed by atoms with Crippen molar-refractivity contribution in [3.05, 3.63) is 64.7 Å². The first-order valence-electron chi connectivity index (χ1n) is 12.9. The molecule has 0 spiro atoms. The van der Waals surface area contributed by atoms with E-state index in [2.05, 4.69) is 5.32 Å². The van der Waals surface area contributed by atoms with Crippen LogP contribution >= 0.6 is 0 Å². The second-order valence-electron chi connectivity index (χ2n) is 9.40. The summed E-state index contributed by atoms with van der Waals surface area (Å²) in [5.41, 5.74) is 2.05. The molecular weight excluding hydrogens is 504 g/mol. The van der Waals surface area contributed by atoms with Gasteiger partial charge in [0.05, 0.1) is 32.8 Å². The molecule has 2 aromatic carbocycles. The first kappa shape index (κ1) is 28.1. The molecular formula is C29H34N2O8. The topological polar surface area (TPSA) is 135 Å².